The van der Waals surface area contributed by atoms with Gasteiger partial charge in [-0.25, -0.2) is 0 Å². The molecule has 86 valence electrons. The van der Waals surface area contributed by atoms with Gasteiger partial charge in [-0.05, 0) is 48.6 Å². The maximum atomic E-state index is 6.15. The van der Waals surface area contributed by atoms with E-state index in [4.69, 9.17) is 11.6 Å². The van der Waals surface area contributed by atoms with Crippen LogP contribution in [0.15, 0.2) is 29.6 Å². The second-order valence-electron chi connectivity index (χ2n) is 3.37. The van der Waals surface area contributed by atoms with Gasteiger partial charge in [0, 0.05) is 11.1 Å². The summed E-state index contributed by atoms with van der Waals surface area (Å²) in [4.78, 5) is 0. The van der Waals surface area contributed by atoms with Crippen molar-refractivity contribution in [3.63, 3.8) is 0 Å². The van der Waals surface area contributed by atoms with Gasteiger partial charge in [0.25, 0.3) is 0 Å². The molecule has 0 saturated carbocycles. The Labute approximate surface area is 122 Å². The summed E-state index contributed by atoms with van der Waals surface area (Å²) in [6.07, 6.45) is 0. The summed E-state index contributed by atoms with van der Waals surface area (Å²) < 4.78 is 2.96. The van der Waals surface area contributed by atoms with Crippen LogP contribution in [0.1, 0.15) is 11.1 Å². The molecule has 0 unspecified atom stereocenters. The fraction of sp³-hybridized carbons (Fsp3) is 0.167. The number of aryl methyl sites for hydroxylation is 2. The third-order valence-corrected chi connectivity index (χ3v) is 6.76. The normalized spacial score (nSPS) is 9.94. The van der Waals surface area contributed by atoms with Crippen molar-refractivity contribution in [3.05, 3.63) is 52.2 Å². The van der Waals surface area contributed by atoms with Gasteiger partial charge >= 0.3 is 21.2 Å². The lowest BCUT2D eigenvalue weighted by Crippen LogP contribution is -3.61. The van der Waals surface area contributed by atoms with Gasteiger partial charge < -0.3 is 12.4 Å². The molecule has 16 heavy (non-hydrogen) atoms. The second-order valence-corrected chi connectivity index (χ2v) is 8.37. The molecule has 0 aliphatic carbocycles. The highest BCUT2D eigenvalue weighted by atomic mass is 127. The van der Waals surface area contributed by atoms with Gasteiger partial charge in [-0.2, -0.15) is 0 Å². The topological polar surface area (TPSA) is 0 Å². The Morgan fingerprint density at radius 1 is 1.19 bits per heavy atom. The minimum Gasteiger partial charge on any atom is -1.00 e. The van der Waals surface area contributed by atoms with Crippen molar-refractivity contribution in [1.29, 1.82) is 0 Å². The molecule has 0 radical (unpaired) electrons. The zero-order valence-electron chi connectivity index (χ0n) is 8.93. The fourth-order valence-corrected chi connectivity index (χ4v) is 5.63. The molecule has 2 aromatic rings. The van der Waals surface area contributed by atoms with Crippen molar-refractivity contribution in [3.8, 4) is 0 Å². The van der Waals surface area contributed by atoms with Crippen LogP contribution in [-0.2, 0) is 0 Å². The molecule has 0 fully saturated rings. The first-order valence-electron chi connectivity index (χ1n) is 4.62. The van der Waals surface area contributed by atoms with Crippen molar-refractivity contribution in [2.75, 3.05) is 0 Å². The van der Waals surface area contributed by atoms with Crippen molar-refractivity contribution in [2.45, 2.75) is 13.8 Å². The summed E-state index contributed by atoms with van der Waals surface area (Å²) in [5.74, 6) is 0. The minimum atomic E-state index is -0.0201. The fourth-order valence-electron chi connectivity index (χ4n) is 1.37. The van der Waals surface area contributed by atoms with Crippen LogP contribution in [-0.4, -0.2) is 0 Å². The van der Waals surface area contributed by atoms with Crippen LogP contribution in [0.5, 0.6) is 0 Å². The molecular weight excluding hydrogens is 374 g/mol. The number of benzene rings is 1. The van der Waals surface area contributed by atoms with E-state index in [1.165, 1.54) is 17.6 Å². The third-order valence-electron chi connectivity index (χ3n) is 2.09. The molecule has 0 bridgehead atoms. The standard InChI is InChI=1S/C12H11ClIS.ClH/c1-8-6-10(7-9(2)12(8)13)14-11-4-3-5-15-11;/h3-7H,1-2H3;1H/q+1;/p-1. The molecule has 1 heterocycles. The molecular formula is C12H11Cl2IS. The second kappa shape index (κ2) is 6.24. The average molecular weight is 385 g/mol. The Balaban J connectivity index is 0.00000128. The van der Waals surface area contributed by atoms with E-state index in [0.29, 0.717) is 0 Å². The number of hydrogen-bond donors (Lipinski definition) is 0. The molecule has 1 aromatic heterocycles. The van der Waals surface area contributed by atoms with Gasteiger partial charge in [-0.1, -0.05) is 22.9 Å². The quantitative estimate of drug-likeness (QED) is 0.533. The molecule has 0 saturated heterocycles. The molecule has 0 nitrogen and oxygen atoms in total. The van der Waals surface area contributed by atoms with E-state index in [-0.39, 0.29) is 33.6 Å². The third kappa shape index (κ3) is 3.36. The van der Waals surface area contributed by atoms with E-state index in [2.05, 4.69) is 43.5 Å². The van der Waals surface area contributed by atoms with Gasteiger partial charge in [-0.3, -0.25) is 0 Å². The van der Waals surface area contributed by atoms with Crippen LogP contribution in [0.2, 0.25) is 5.02 Å². The molecule has 4 heteroatoms. The molecule has 0 spiro atoms. The van der Waals surface area contributed by atoms with Gasteiger partial charge in [0.15, 0.2) is 3.57 Å². The largest absolute Gasteiger partial charge is 1.00 e. The lowest BCUT2D eigenvalue weighted by Gasteiger charge is -1.99. The molecule has 0 N–H and O–H groups in total. The first-order chi connectivity index (χ1) is 7.16. The summed E-state index contributed by atoms with van der Waals surface area (Å²) in [5.41, 5.74) is 2.39. The number of hydrogen-bond acceptors (Lipinski definition) is 1. The number of rotatable bonds is 2. The Kier molecular flexibility index (Phi) is 5.57. The van der Waals surface area contributed by atoms with Gasteiger partial charge in [0.2, 0.25) is 2.88 Å². The maximum absolute atomic E-state index is 6.15. The molecule has 2 rings (SSSR count). The van der Waals surface area contributed by atoms with Crippen LogP contribution >= 0.6 is 22.9 Å². The van der Waals surface area contributed by atoms with Crippen LogP contribution in [0.3, 0.4) is 0 Å². The highest BCUT2D eigenvalue weighted by molar-refractivity contribution is 7.07. The zero-order valence-corrected chi connectivity index (χ0v) is 13.4. The van der Waals surface area contributed by atoms with E-state index < -0.39 is 0 Å². The molecule has 0 aliphatic rings. The predicted octanol–water partition coefficient (Wildman–Crippen LogP) is -1.85. The minimum absolute atomic E-state index is 0. The molecule has 0 amide bonds. The molecule has 0 atom stereocenters. The monoisotopic (exact) mass is 384 g/mol. The Hall–Kier alpha value is 0.230. The van der Waals surface area contributed by atoms with Crippen LogP contribution in [0.4, 0.5) is 0 Å². The maximum Gasteiger partial charge on any atom is 0.369 e. The van der Waals surface area contributed by atoms with E-state index in [1.54, 1.807) is 0 Å². The summed E-state index contributed by atoms with van der Waals surface area (Å²) in [5, 5.41) is 3.05. The van der Waals surface area contributed by atoms with Crippen molar-refractivity contribution in [2.24, 2.45) is 0 Å². The van der Waals surface area contributed by atoms with Crippen LogP contribution in [0.25, 0.3) is 0 Å². The lowest BCUT2D eigenvalue weighted by atomic mass is 10.2. The van der Waals surface area contributed by atoms with Gasteiger partial charge in [0.05, 0.1) is 0 Å². The Morgan fingerprint density at radius 2 is 1.81 bits per heavy atom. The Morgan fingerprint density at radius 3 is 2.31 bits per heavy atom. The first kappa shape index (κ1) is 14.3. The van der Waals surface area contributed by atoms with E-state index in [9.17, 15) is 0 Å². The predicted molar refractivity (Wildman–Crippen MR) is 62.6 cm³/mol. The summed E-state index contributed by atoms with van der Waals surface area (Å²) in [6, 6.07) is 8.79. The highest BCUT2D eigenvalue weighted by Crippen LogP contribution is 2.18. The summed E-state index contributed by atoms with van der Waals surface area (Å²) in [7, 11) is 0. The average Bonchev–Trinajstić information content (AvgIpc) is 2.66. The van der Waals surface area contributed by atoms with E-state index >= 15 is 0 Å². The summed E-state index contributed by atoms with van der Waals surface area (Å²) in [6.45, 7) is 4.16. The lowest BCUT2D eigenvalue weighted by molar-refractivity contribution is -0.591. The van der Waals surface area contributed by atoms with Crippen LogP contribution in [0, 0.1) is 20.3 Å². The molecule has 1 aromatic carbocycles. The highest BCUT2D eigenvalue weighted by Gasteiger charge is 2.18. The van der Waals surface area contributed by atoms with Crippen molar-refractivity contribution >= 4 is 22.9 Å². The van der Waals surface area contributed by atoms with Crippen molar-refractivity contribution in [1.82, 2.24) is 0 Å². The molecule has 0 aliphatic heterocycles. The zero-order chi connectivity index (χ0) is 10.8. The van der Waals surface area contributed by atoms with Gasteiger partial charge in [0.1, 0.15) is 0 Å². The van der Waals surface area contributed by atoms with Crippen molar-refractivity contribution < 1.29 is 33.6 Å². The summed E-state index contributed by atoms with van der Waals surface area (Å²) >= 11 is 7.98. The SMILES string of the molecule is Cc1cc([I+]c2cccs2)cc(C)c1Cl.[Cl-]. The smallest absolute Gasteiger partial charge is 0.369 e. The Bertz CT molecular complexity index is 443. The van der Waals surface area contributed by atoms with Crippen LogP contribution < -0.4 is 33.6 Å². The van der Waals surface area contributed by atoms with E-state index in [1.807, 2.05) is 11.3 Å². The number of thiophene rings is 1. The first-order valence-corrected chi connectivity index (χ1v) is 8.03. The number of halogens is 3. The van der Waals surface area contributed by atoms with E-state index in [0.717, 1.165) is 5.02 Å². The van der Waals surface area contributed by atoms with Gasteiger partial charge in [-0.15, -0.1) is 0 Å².